The van der Waals surface area contributed by atoms with Crippen molar-refractivity contribution in [1.82, 2.24) is 19.8 Å². The molecule has 2 aromatic heterocycles. The number of pyridine rings is 2. The van der Waals surface area contributed by atoms with E-state index in [0.29, 0.717) is 42.6 Å². The molecule has 2 aliphatic heterocycles. The van der Waals surface area contributed by atoms with Gasteiger partial charge in [-0.15, -0.1) is 0 Å². The van der Waals surface area contributed by atoms with E-state index >= 15 is 0 Å². The summed E-state index contributed by atoms with van der Waals surface area (Å²) < 4.78 is 5.09. The Kier molecular flexibility index (Phi) is 5.36. The van der Waals surface area contributed by atoms with Crippen LogP contribution in [0, 0.1) is 5.41 Å². The summed E-state index contributed by atoms with van der Waals surface area (Å²) >= 11 is 12.0. The molecule has 2 amide bonds. The molecule has 0 N–H and O–H groups in total. The number of carbonyl (C=O) groups is 2. The maximum Gasteiger partial charge on any atom is 0.273 e. The summed E-state index contributed by atoms with van der Waals surface area (Å²) in [6.45, 7) is 2.62. The van der Waals surface area contributed by atoms with Crippen molar-refractivity contribution in [3.63, 3.8) is 0 Å². The lowest BCUT2D eigenvalue weighted by molar-refractivity contribution is -0.0289. The van der Waals surface area contributed by atoms with Gasteiger partial charge in [-0.2, -0.15) is 0 Å². The normalized spacial score (nSPS) is 17.8. The molecule has 0 atom stereocenters. The van der Waals surface area contributed by atoms with Crippen LogP contribution >= 0.6 is 23.2 Å². The van der Waals surface area contributed by atoms with Gasteiger partial charge < -0.3 is 14.5 Å². The first-order valence-corrected chi connectivity index (χ1v) is 10.1. The van der Waals surface area contributed by atoms with Gasteiger partial charge in [0.1, 0.15) is 5.69 Å². The second-order valence-corrected chi connectivity index (χ2v) is 8.37. The molecule has 152 valence electrons. The van der Waals surface area contributed by atoms with Crippen LogP contribution in [0.3, 0.4) is 0 Å². The third kappa shape index (κ3) is 3.89. The molecule has 0 aliphatic carbocycles. The number of piperidine rings is 1. The zero-order valence-electron chi connectivity index (χ0n) is 15.9. The van der Waals surface area contributed by atoms with E-state index in [4.69, 9.17) is 27.9 Å². The second-order valence-electron chi connectivity index (χ2n) is 7.52. The molecule has 0 radical (unpaired) electrons. The number of methoxy groups -OCH3 is 1. The summed E-state index contributed by atoms with van der Waals surface area (Å²) in [7, 11) is 1.52. The summed E-state index contributed by atoms with van der Waals surface area (Å²) in [6, 6.07) is 4.87. The van der Waals surface area contributed by atoms with Gasteiger partial charge in [0, 0.05) is 55.6 Å². The van der Waals surface area contributed by atoms with Crippen LogP contribution in [-0.4, -0.2) is 64.9 Å². The highest BCUT2D eigenvalue weighted by atomic mass is 35.5. The van der Waals surface area contributed by atoms with Gasteiger partial charge in [-0.25, -0.2) is 9.97 Å². The predicted molar refractivity (Wildman–Crippen MR) is 109 cm³/mol. The monoisotopic (exact) mass is 434 g/mol. The number of nitrogens with zero attached hydrogens (tertiary/aromatic N) is 4. The highest BCUT2D eigenvalue weighted by Gasteiger charge is 2.47. The SMILES string of the molecule is COc1cc(C(=O)N2CC3(CCN(C(=O)c4ncc(Cl)cc4Cl)CC3)C2)ccn1. The molecule has 2 aliphatic rings. The standard InChI is InChI=1S/C20H20Cl2N4O3/c1-29-16-8-13(2-5-23-16)18(27)26-11-20(12-26)3-6-25(7-4-20)19(28)17-15(22)9-14(21)10-24-17/h2,5,8-10H,3-4,6-7,11-12H2,1H3. The largest absolute Gasteiger partial charge is 0.481 e. The number of carbonyl (C=O) groups excluding carboxylic acids is 2. The van der Waals surface area contributed by atoms with Crippen molar-refractivity contribution in [2.45, 2.75) is 12.8 Å². The molecule has 0 unspecified atom stereocenters. The fourth-order valence-corrected chi connectivity index (χ4v) is 4.43. The lowest BCUT2D eigenvalue weighted by Gasteiger charge is -2.54. The minimum Gasteiger partial charge on any atom is -0.481 e. The Morgan fingerprint density at radius 2 is 1.79 bits per heavy atom. The number of likely N-dealkylation sites (tertiary alicyclic amines) is 2. The second kappa shape index (κ2) is 7.80. The molecule has 2 fully saturated rings. The third-order valence-corrected chi connectivity index (χ3v) is 6.15. The highest BCUT2D eigenvalue weighted by Crippen LogP contribution is 2.41. The Morgan fingerprint density at radius 1 is 1.07 bits per heavy atom. The van der Waals surface area contributed by atoms with Crippen molar-refractivity contribution in [3.8, 4) is 5.88 Å². The van der Waals surface area contributed by atoms with Crippen molar-refractivity contribution < 1.29 is 14.3 Å². The van der Waals surface area contributed by atoms with E-state index in [1.54, 1.807) is 23.2 Å². The van der Waals surface area contributed by atoms with Crippen LogP contribution in [0.1, 0.15) is 33.7 Å². The summed E-state index contributed by atoms with van der Waals surface area (Å²) in [5.74, 6) is 0.219. The van der Waals surface area contributed by atoms with Gasteiger partial charge in [0.05, 0.1) is 17.2 Å². The minimum atomic E-state index is -0.183. The van der Waals surface area contributed by atoms with Crippen LogP contribution < -0.4 is 4.74 Å². The number of hydrogen-bond acceptors (Lipinski definition) is 5. The van der Waals surface area contributed by atoms with E-state index in [2.05, 4.69) is 9.97 Å². The van der Waals surface area contributed by atoms with Crippen molar-refractivity contribution in [2.75, 3.05) is 33.3 Å². The molecule has 4 heterocycles. The molecule has 29 heavy (non-hydrogen) atoms. The summed E-state index contributed by atoms with van der Waals surface area (Å²) in [5.41, 5.74) is 0.868. The summed E-state index contributed by atoms with van der Waals surface area (Å²) in [4.78, 5) is 37.1. The number of halogens is 2. The molecule has 0 saturated carbocycles. The van der Waals surface area contributed by atoms with Crippen LogP contribution in [0.15, 0.2) is 30.6 Å². The van der Waals surface area contributed by atoms with Crippen molar-refractivity contribution in [1.29, 1.82) is 0 Å². The zero-order valence-corrected chi connectivity index (χ0v) is 17.4. The molecule has 2 saturated heterocycles. The maximum atomic E-state index is 12.7. The predicted octanol–water partition coefficient (Wildman–Crippen LogP) is 3.17. The first kappa shape index (κ1) is 19.9. The fourth-order valence-electron chi connectivity index (χ4n) is 3.97. The number of hydrogen-bond donors (Lipinski definition) is 0. The maximum absolute atomic E-state index is 12.7. The average Bonchev–Trinajstić information content (AvgIpc) is 2.71. The van der Waals surface area contributed by atoms with E-state index < -0.39 is 0 Å². The van der Waals surface area contributed by atoms with Crippen LogP contribution in [-0.2, 0) is 0 Å². The third-order valence-electron chi connectivity index (χ3n) is 5.65. The van der Waals surface area contributed by atoms with Gasteiger partial charge in [-0.05, 0) is 25.0 Å². The smallest absolute Gasteiger partial charge is 0.273 e. The van der Waals surface area contributed by atoms with Crippen LogP contribution in [0.25, 0.3) is 0 Å². The Labute approximate surface area is 178 Å². The van der Waals surface area contributed by atoms with E-state index in [0.717, 1.165) is 12.8 Å². The highest BCUT2D eigenvalue weighted by molar-refractivity contribution is 6.36. The zero-order chi connectivity index (χ0) is 20.6. The Hall–Kier alpha value is -2.38. The topological polar surface area (TPSA) is 75.6 Å². The minimum absolute atomic E-state index is 0.0213. The first-order chi connectivity index (χ1) is 13.9. The quantitative estimate of drug-likeness (QED) is 0.741. The van der Waals surface area contributed by atoms with Crippen LogP contribution in [0.4, 0.5) is 0 Å². The van der Waals surface area contributed by atoms with E-state index in [9.17, 15) is 9.59 Å². The molecule has 1 spiro atoms. The van der Waals surface area contributed by atoms with E-state index in [-0.39, 0.29) is 27.9 Å². The number of ether oxygens (including phenoxy) is 1. The first-order valence-electron chi connectivity index (χ1n) is 9.30. The molecule has 9 heteroatoms. The molecule has 7 nitrogen and oxygen atoms in total. The van der Waals surface area contributed by atoms with Crippen LogP contribution in [0.5, 0.6) is 5.88 Å². The van der Waals surface area contributed by atoms with Crippen molar-refractivity contribution in [2.24, 2.45) is 5.41 Å². The van der Waals surface area contributed by atoms with Crippen molar-refractivity contribution >= 4 is 35.0 Å². The van der Waals surface area contributed by atoms with Gasteiger partial charge in [-0.1, -0.05) is 23.2 Å². The molecule has 0 bridgehead atoms. The van der Waals surface area contributed by atoms with E-state index in [1.165, 1.54) is 19.4 Å². The molecular weight excluding hydrogens is 415 g/mol. The molecule has 2 aromatic rings. The number of rotatable bonds is 3. The van der Waals surface area contributed by atoms with E-state index in [1.807, 2.05) is 4.90 Å². The number of aromatic nitrogens is 2. The van der Waals surface area contributed by atoms with Gasteiger partial charge in [0.15, 0.2) is 0 Å². The Bertz CT molecular complexity index is 952. The lowest BCUT2D eigenvalue weighted by atomic mass is 9.71. The van der Waals surface area contributed by atoms with Gasteiger partial charge in [0.25, 0.3) is 11.8 Å². The summed E-state index contributed by atoms with van der Waals surface area (Å²) in [6.07, 6.45) is 4.68. The van der Waals surface area contributed by atoms with Gasteiger partial charge >= 0.3 is 0 Å². The molecule has 4 rings (SSSR count). The fraction of sp³-hybridized carbons (Fsp3) is 0.400. The Balaban J connectivity index is 1.34. The lowest BCUT2D eigenvalue weighted by Crippen LogP contribution is -2.62. The number of amides is 2. The van der Waals surface area contributed by atoms with Crippen LogP contribution in [0.2, 0.25) is 10.0 Å². The Morgan fingerprint density at radius 3 is 2.45 bits per heavy atom. The molecule has 0 aromatic carbocycles. The average molecular weight is 435 g/mol. The molecular formula is C20H20Cl2N4O3. The summed E-state index contributed by atoms with van der Waals surface area (Å²) in [5, 5.41) is 0.658. The van der Waals surface area contributed by atoms with Crippen molar-refractivity contribution in [3.05, 3.63) is 51.9 Å². The van der Waals surface area contributed by atoms with Gasteiger partial charge in [-0.3, -0.25) is 9.59 Å². The van der Waals surface area contributed by atoms with Gasteiger partial charge in [0.2, 0.25) is 5.88 Å².